The molecule has 2 heteroatoms. The van der Waals surface area contributed by atoms with E-state index in [9.17, 15) is 0 Å². The van der Waals surface area contributed by atoms with Gasteiger partial charge in [-0.1, -0.05) is 78.9 Å². The van der Waals surface area contributed by atoms with Gasteiger partial charge in [0.15, 0.2) is 0 Å². The molecule has 6 aromatic carbocycles. The summed E-state index contributed by atoms with van der Waals surface area (Å²) in [4.78, 5) is 0. The molecule has 0 amide bonds. The summed E-state index contributed by atoms with van der Waals surface area (Å²) in [5.41, 5.74) is 0.985. The predicted molar refractivity (Wildman–Crippen MR) is 127 cm³/mol. The van der Waals surface area contributed by atoms with Crippen LogP contribution in [0.25, 0.3) is 32.3 Å². The molecule has 0 aromatic heterocycles. The van der Waals surface area contributed by atoms with Gasteiger partial charge in [0.25, 0.3) is 6.29 Å². The molecule has 148 valence electrons. The third kappa shape index (κ3) is 3.23. The summed E-state index contributed by atoms with van der Waals surface area (Å²) >= 11 is 0. The molecule has 2 nitrogen and oxygen atoms in total. The summed E-state index contributed by atoms with van der Waals surface area (Å²) in [7, 11) is 0. The molecule has 0 bridgehead atoms. The van der Waals surface area contributed by atoms with Crippen molar-refractivity contribution in [2.45, 2.75) is 6.29 Å². The SMILES string of the molecule is c1ccc(OC(Oc2ccccc2)c2cc3ccc4cccc5ccc(c2)c3c45)cc1. The normalized spacial score (nSPS) is 11.5. The number of hydrogen-bond donors (Lipinski definition) is 0. The van der Waals surface area contributed by atoms with Crippen LogP contribution < -0.4 is 9.47 Å². The van der Waals surface area contributed by atoms with Crippen molar-refractivity contribution in [3.05, 3.63) is 121 Å². The van der Waals surface area contributed by atoms with Crippen LogP contribution >= 0.6 is 0 Å². The predicted octanol–water partition coefficient (Wildman–Crippen LogP) is 7.74. The van der Waals surface area contributed by atoms with E-state index in [0.29, 0.717) is 0 Å². The molecule has 0 heterocycles. The van der Waals surface area contributed by atoms with E-state index < -0.39 is 6.29 Å². The Balaban J connectivity index is 1.51. The van der Waals surface area contributed by atoms with Crippen molar-refractivity contribution in [3.63, 3.8) is 0 Å². The van der Waals surface area contributed by atoms with Gasteiger partial charge in [0.1, 0.15) is 11.5 Å². The minimum atomic E-state index is -0.563. The van der Waals surface area contributed by atoms with Gasteiger partial charge in [-0.05, 0) is 68.7 Å². The maximum Gasteiger partial charge on any atom is 0.267 e. The third-order valence-electron chi connectivity index (χ3n) is 5.73. The highest BCUT2D eigenvalue weighted by molar-refractivity contribution is 6.23. The first-order valence-electron chi connectivity index (χ1n) is 10.5. The van der Waals surface area contributed by atoms with Gasteiger partial charge in [0, 0.05) is 5.56 Å². The minimum absolute atomic E-state index is 0.563. The highest BCUT2D eigenvalue weighted by Gasteiger charge is 2.18. The van der Waals surface area contributed by atoms with E-state index in [-0.39, 0.29) is 0 Å². The van der Waals surface area contributed by atoms with E-state index in [1.807, 2.05) is 60.7 Å². The molecule has 0 atom stereocenters. The molecule has 0 saturated carbocycles. The fraction of sp³-hybridized carbons (Fsp3) is 0.0345. The zero-order chi connectivity index (χ0) is 20.6. The van der Waals surface area contributed by atoms with E-state index >= 15 is 0 Å². The highest BCUT2D eigenvalue weighted by atomic mass is 16.7. The summed E-state index contributed by atoms with van der Waals surface area (Å²) in [5.74, 6) is 1.54. The second-order valence-electron chi connectivity index (χ2n) is 7.75. The smallest absolute Gasteiger partial charge is 0.267 e. The van der Waals surface area contributed by atoms with Crippen LogP contribution in [0.3, 0.4) is 0 Å². The van der Waals surface area contributed by atoms with E-state index in [1.165, 1.54) is 32.3 Å². The van der Waals surface area contributed by atoms with Crippen molar-refractivity contribution in [1.82, 2.24) is 0 Å². The summed E-state index contributed by atoms with van der Waals surface area (Å²) < 4.78 is 12.6. The Morgan fingerprint density at radius 1 is 0.419 bits per heavy atom. The van der Waals surface area contributed by atoms with E-state index in [2.05, 4.69) is 54.6 Å². The monoisotopic (exact) mass is 400 g/mol. The van der Waals surface area contributed by atoms with Gasteiger partial charge in [-0.25, -0.2) is 0 Å². The van der Waals surface area contributed by atoms with Gasteiger partial charge in [-0.15, -0.1) is 0 Å². The molecule has 0 spiro atoms. The van der Waals surface area contributed by atoms with Crippen LogP contribution in [0.5, 0.6) is 11.5 Å². The van der Waals surface area contributed by atoms with Gasteiger partial charge in [-0.3, -0.25) is 0 Å². The Labute approximate surface area is 180 Å². The summed E-state index contributed by atoms with van der Waals surface area (Å²) in [5, 5.41) is 7.51. The van der Waals surface area contributed by atoms with Crippen molar-refractivity contribution < 1.29 is 9.47 Å². The number of hydrogen-bond acceptors (Lipinski definition) is 2. The second-order valence-corrected chi connectivity index (χ2v) is 7.75. The fourth-order valence-corrected chi connectivity index (χ4v) is 4.32. The van der Waals surface area contributed by atoms with Crippen LogP contribution in [0.1, 0.15) is 11.9 Å². The average Bonchev–Trinajstić information content (AvgIpc) is 2.83. The standard InChI is InChI=1S/C29H20O2/c1-3-10-25(11-4-1)30-29(31-26-12-5-2-6-13-26)24-18-22-16-14-20-8-7-9-21-15-17-23(19-24)28(22)27(20)21/h1-19,29H. The lowest BCUT2D eigenvalue weighted by atomic mass is 9.93. The molecule has 0 unspecified atom stereocenters. The van der Waals surface area contributed by atoms with Crippen molar-refractivity contribution in [1.29, 1.82) is 0 Å². The molecule has 0 N–H and O–H groups in total. The molecule has 31 heavy (non-hydrogen) atoms. The maximum atomic E-state index is 6.31. The Hall–Kier alpha value is -4.04. The van der Waals surface area contributed by atoms with Crippen molar-refractivity contribution in [3.8, 4) is 11.5 Å². The van der Waals surface area contributed by atoms with E-state index in [1.54, 1.807) is 0 Å². The quantitative estimate of drug-likeness (QED) is 0.218. The number of ether oxygens (including phenoxy) is 2. The topological polar surface area (TPSA) is 18.5 Å². The number of para-hydroxylation sites is 2. The van der Waals surface area contributed by atoms with Crippen molar-refractivity contribution in [2.24, 2.45) is 0 Å². The van der Waals surface area contributed by atoms with Crippen LogP contribution in [0.2, 0.25) is 0 Å². The number of benzene rings is 6. The summed E-state index contributed by atoms with van der Waals surface area (Å²) in [6, 6.07) is 39.2. The largest absolute Gasteiger partial charge is 0.451 e. The molecule has 0 aliphatic rings. The molecule has 0 fully saturated rings. The van der Waals surface area contributed by atoms with Crippen LogP contribution in [0.15, 0.2) is 115 Å². The number of rotatable bonds is 5. The first-order chi connectivity index (χ1) is 15.3. The molecule has 0 radical (unpaired) electrons. The van der Waals surface area contributed by atoms with E-state index in [0.717, 1.165) is 17.1 Å². The Morgan fingerprint density at radius 3 is 1.39 bits per heavy atom. The second kappa shape index (κ2) is 7.33. The van der Waals surface area contributed by atoms with Gasteiger partial charge >= 0.3 is 0 Å². The molecule has 6 aromatic rings. The lowest BCUT2D eigenvalue weighted by Crippen LogP contribution is -2.15. The first-order valence-corrected chi connectivity index (χ1v) is 10.5. The third-order valence-corrected chi connectivity index (χ3v) is 5.73. The Bertz CT molecular complexity index is 1370. The van der Waals surface area contributed by atoms with Crippen LogP contribution in [0.4, 0.5) is 0 Å². The molecule has 0 saturated heterocycles. The van der Waals surface area contributed by atoms with Crippen molar-refractivity contribution in [2.75, 3.05) is 0 Å². The zero-order valence-electron chi connectivity index (χ0n) is 16.9. The molecular weight excluding hydrogens is 380 g/mol. The lowest BCUT2D eigenvalue weighted by molar-refractivity contribution is 0.00400. The van der Waals surface area contributed by atoms with Gasteiger partial charge in [0.05, 0.1) is 0 Å². The minimum Gasteiger partial charge on any atom is -0.451 e. The molecule has 0 aliphatic heterocycles. The summed E-state index contributed by atoms with van der Waals surface area (Å²) in [6.45, 7) is 0. The average molecular weight is 400 g/mol. The first kappa shape index (κ1) is 17.8. The molecular formula is C29H20O2. The summed E-state index contributed by atoms with van der Waals surface area (Å²) in [6.07, 6.45) is -0.563. The lowest BCUT2D eigenvalue weighted by Gasteiger charge is -2.22. The van der Waals surface area contributed by atoms with Crippen LogP contribution in [-0.2, 0) is 0 Å². The Kier molecular flexibility index (Phi) is 4.21. The van der Waals surface area contributed by atoms with Gasteiger partial charge in [0.2, 0.25) is 0 Å². The van der Waals surface area contributed by atoms with E-state index in [4.69, 9.17) is 9.47 Å². The van der Waals surface area contributed by atoms with Crippen LogP contribution in [-0.4, -0.2) is 0 Å². The van der Waals surface area contributed by atoms with Gasteiger partial charge in [-0.2, -0.15) is 0 Å². The molecule has 6 rings (SSSR count). The van der Waals surface area contributed by atoms with Crippen LogP contribution in [0, 0.1) is 0 Å². The zero-order valence-corrected chi connectivity index (χ0v) is 16.9. The fourth-order valence-electron chi connectivity index (χ4n) is 4.32. The molecule has 0 aliphatic carbocycles. The maximum absolute atomic E-state index is 6.31. The Morgan fingerprint density at radius 2 is 0.871 bits per heavy atom. The van der Waals surface area contributed by atoms with Crippen molar-refractivity contribution >= 4 is 32.3 Å². The highest BCUT2D eigenvalue weighted by Crippen LogP contribution is 2.37. The van der Waals surface area contributed by atoms with Gasteiger partial charge < -0.3 is 9.47 Å².